The molecule has 1 atom stereocenters. The van der Waals surface area contributed by atoms with Gasteiger partial charge in [0, 0.05) is 16.1 Å². The summed E-state index contributed by atoms with van der Waals surface area (Å²) in [6.07, 6.45) is 0. The Bertz CT molecular complexity index is 568. The number of hydrogen-bond donors (Lipinski definition) is 1. The number of halogens is 2. The number of para-hydroxylation sites is 1. The molecule has 0 heterocycles. The first-order chi connectivity index (χ1) is 9.69. The van der Waals surface area contributed by atoms with E-state index in [0.29, 0.717) is 17.2 Å². The normalized spacial score (nSPS) is 12.2. The number of hydrogen-bond acceptors (Lipinski definition) is 2. The smallest absolute Gasteiger partial charge is 0.129 e. The minimum Gasteiger partial charge on any atom is -0.494 e. The minimum atomic E-state index is -0.355. The zero-order chi connectivity index (χ0) is 14.5. The van der Waals surface area contributed by atoms with Crippen molar-refractivity contribution in [1.82, 2.24) is 5.32 Å². The molecule has 0 aliphatic heterocycles. The minimum absolute atomic E-state index is 0.330. The second-order valence-corrected chi connectivity index (χ2v) is 4.74. The third-order valence-corrected chi connectivity index (χ3v) is 3.44. The Labute approximate surface area is 123 Å². The molecule has 0 aliphatic carbocycles. The maximum absolute atomic E-state index is 14.1. The van der Waals surface area contributed by atoms with Crippen LogP contribution in [0.15, 0.2) is 42.5 Å². The molecule has 106 valence electrons. The summed E-state index contributed by atoms with van der Waals surface area (Å²) in [6.45, 7) is 2.47. The molecule has 4 heteroatoms. The largest absolute Gasteiger partial charge is 0.494 e. The second kappa shape index (κ2) is 6.73. The molecule has 20 heavy (non-hydrogen) atoms. The van der Waals surface area contributed by atoms with Crippen molar-refractivity contribution in [1.29, 1.82) is 0 Å². The Kier molecular flexibility index (Phi) is 4.99. The fourth-order valence-electron chi connectivity index (χ4n) is 2.25. The first-order valence-corrected chi connectivity index (χ1v) is 6.89. The van der Waals surface area contributed by atoms with Crippen molar-refractivity contribution in [2.45, 2.75) is 13.0 Å². The molecular formula is C16H17ClFNO. The average Bonchev–Trinajstić information content (AvgIpc) is 2.44. The van der Waals surface area contributed by atoms with Crippen LogP contribution >= 0.6 is 11.6 Å². The third kappa shape index (κ3) is 2.94. The van der Waals surface area contributed by atoms with Gasteiger partial charge < -0.3 is 10.1 Å². The highest BCUT2D eigenvalue weighted by Crippen LogP contribution is 2.34. The summed E-state index contributed by atoms with van der Waals surface area (Å²) < 4.78 is 19.7. The van der Waals surface area contributed by atoms with Gasteiger partial charge >= 0.3 is 0 Å². The van der Waals surface area contributed by atoms with Gasteiger partial charge in [-0.1, -0.05) is 35.9 Å². The molecule has 0 saturated heterocycles. The molecule has 2 rings (SSSR count). The lowest BCUT2D eigenvalue weighted by Crippen LogP contribution is -2.20. The molecule has 2 aromatic rings. The Morgan fingerprint density at radius 3 is 2.60 bits per heavy atom. The lowest BCUT2D eigenvalue weighted by molar-refractivity contribution is 0.334. The topological polar surface area (TPSA) is 21.3 Å². The summed E-state index contributed by atoms with van der Waals surface area (Å²) >= 11 is 6.16. The number of ether oxygens (including phenoxy) is 1. The fraction of sp³-hybridized carbons (Fsp3) is 0.250. The molecule has 0 radical (unpaired) electrons. The van der Waals surface area contributed by atoms with E-state index in [9.17, 15) is 4.39 Å². The summed E-state index contributed by atoms with van der Waals surface area (Å²) in [5, 5.41) is 3.51. The van der Waals surface area contributed by atoms with Crippen molar-refractivity contribution in [2.24, 2.45) is 0 Å². The third-order valence-electron chi connectivity index (χ3n) is 3.11. The second-order valence-electron chi connectivity index (χ2n) is 4.33. The van der Waals surface area contributed by atoms with Crippen molar-refractivity contribution in [3.63, 3.8) is 0 Å². The van der Waals surface area contributed by atoms with E-state index in [1.165, 1.54) is 6.07 Å². The van der Waals surface area contributed by atoms with Gasteiger partial charge in [0.1, 0.15) is 11.6 Å². The molecule has 0 spiro atoms. The van der Waals surface area contributed by atoms with E-state index in [1.807, 2.05) is 31.2 Å². The van der Waals surface area contributed by atoms with Gasteiger partial charge in [-0.15, -0.1) is 0 Å². The number of nitrogens with one attached hydrogen (secondary N) is 1. The Morgan fingerprint density at radius 2 is 1.95 bits per heavy atom. The van der Waals surface area contributed by atoms with Crippen LogP contribution < -0.4 is 10.1 Å². The summed E-state index contributed by atoms with van der Waals surface area (Å²) in [6, 6.07) is 11.9. The van der Waals surface area contributed by atoms with Crippen molar-refractivity contribution < 1.29 is 9.13 Å². The van der Waals surface area contributed by atoms with Gasteiger partial charge in [-0.3, -0.25) is 0 Å². The van der Waals surface area contributed by atoms with Gasteiger partial charge in [-0.2, -0.15) is 0 Å². The van der Waals surface area contributed by atoms with E-state index in [-0.39, 0.29) is 11.9 Å². The maximum atomic E-state index is 14.1. The van der Waals surface area contributed by atoms with Crippen LogP contribution in [-0.2, 0) is 0 Å². The van der Waals surface area contributed by atoms with E-state index < -0.39 is 0 Å². The molecule has 0 saturated carbocycles. The average molecular weight is 294 g/mol. The molecule has 0 amide bonds. The quantitative estimate of drug-likeness (QED) is 0.892. The van der Waals surface area contributed by atoms with Crippen molar-refractivity contribution in [3.05, 3.63) is 64.4 Å². The lowest BCUT2D eigenvalue weighted by Gasteiger charge is -2.21. The van der Waals surface area contributed by atoms with Gasteiger partial charge in [0.2, 0.25) is 0 Å². The predicted molar refractivity (Wildman–Crippen MR) is 79.9 cm³/mol. The molecule has 1 N–H and O–H groups in total. The van der Waals surface area contributed by atoms with E-state index in [0.717, 1.165) is 11.3 Å². The van der Waals surface area contributed by atoms with Gasteiger partial charge in [0.15, 0.2) is 0 Å². The highest BCUT2D eigenvalue weighted by atomic mass is 35.5. The van der Waals surface area contributed by atoms with Crippen molar-refractivity contribution in [2.75, 3.05) is 13.7 Å². The van der Waals surface area contributed by atoms with Crippen LogP contribution in [0.25, 0.3) is 0 Å². The first kappa shape index (κ1) is 14.8. The monoisotopic (exact) mass is 293 g/mol. The van der Waals surface area contributed by atoms with Crippen molar-refractivity contribution >= 4 is 11.6 Å². The predicted octanol–water partition coefficient (Wildman–Crippen LogP) is 4.19. The lowest BCUT2D eigenvalue weighted by atomic mass is 9.97. The van der Waals surface area contributed by atoms with Crippen LogP contribution in [0.3, 0.4) is 0 Å². The molecular weight excluding hydrogens is 277 g/mol. The molecule has 0 aliphatic rings. The first-order valence-electron chi connectivity index (χ1n) is 6.52. The zero-order valence-electron chi connectivity index (χ0n) is 11.5. The maximum Gasteiger partial charge on any atom is 0.129 e. The van der Waals surface area contributed by atoms with Gasteiger partial charge in [-0.05, 0) is 32.2 Å². The molecule has 0 bridgehead atoms. The van der Waals surface area contributed by atoms with Crippen molar-refractivity contribution in [3.8, 4) is 5.75 Å². The molecule has 0 fully saturated rings. The summed E-state index contributed by atoms with van der Waals surface area (Å²) in [4.78, 5) is 0. The Hall–Kier alpha value is -1.58. The van der Waals surface area contributed by atoms with E-state index >= 15 is 0 Å². The summed E-state index contributed by atoms with van der Waals surface area (Å²) in [5.74, 6) is 0.400. The van der Waals surface area contributed by atoms with Gasteiger partial charge in [0.05, 0.1) is 12.6 Å². The van der Waals surface area contributed by atoms with Crippen LogP contribution in [0.4, 0.5) is 4.39 Å². The Morgan fingerprint density at radius 1 is 1.20 bits per heavy atom. The highest BCUT2D eigenvalue weighted by molar-refractivity contribution is 6.31. The zero-order valence-corrected chi connectivity index (χ0v) is 12.2. The van der Waals surface area contributed by atoms with Crippen LogP contribution in [0, 0.1) is 5.82 Å². The van der Waals surface area contributed by atoms with Crippen LogP contribution in [0.2, 0.25) is 5.02 Å². The molecule has 0 aromatic heterocycles. The summed E-state index contributed by atoms with van der Waals surface area (Å²) in [5.41, 5.74) is 1.30. The van der Waals surface area contributed by atoms with E-state index in [4.69, 9.17) is 16.3 Å². The standard InChI is InChI=1S/C16H17ClFNO/c1-3-20-14-10-5-4-7-11(14)16(19-2)15-12(17)8-6-9-13(15)18/h4-10,16,19H,3H2,1-2H3. The van der Waals surface area contributed by atoms with E-state index in [2.05, 4.69) is 5.32 Å². The fourth-order valence-corrected chi connectivity index (χ4v) is 2.52. The van der Waals surface area contributed by atoms with E-state index in [1.54, 1.807) is 19.2 Å². The number of rotatable bonds is 5. The highest BCUT2D eigenvalue weighted by Gasteiger charge is 2.22. The van der Waals surface area contributed by atoms with Crippen LogP contribution in [-0.4, -0.2) is 13.7 Å². The SMILES string of the molecule is CCOc1ccccc1C(NC)c1c(F)cccc1Cl. The number of benzene rings is 2. The van der Waals surface area contributed by atoms with Gasteiger partial charge in [-0.25, -0.2) is 4.39 Å². The summed E-state index contributed by atoms with van der Waals surface area (Å²) in [7, 11) is 1.77. The van der Waals surface area contributed by atoms with Gasteiger partial charge in [0.25, 0.3) is 0 Å². The molecule has 2 aromatic carbocycles. The Balaban J connectivity index is 2.53. The van der Waals surface area contributed by atoms with Crippen LogP contribution in [0.5, 0.6) is 5.75 Å². The van der Waals surface area contributed by atoms with Crippen LogP contribution in [0.1, 0.15) is 24.1 Å². The molecule has 1 unspecified atom stereocenters. The molecule has 2 nitrogen and oxygen atoms in total.